The second kappa shape index (κ2) is 6.84. The summed E-state index contributed by atoms with van der Waals surface area (Å²) in [4.78, 5) is 28.5. The van der Waals surface area contributed by atoms with Crippen LogP contribution >= 0.6 is 0 Å². The number of methoxy groups -OCH3 is 1. The molecule has 0 spiro atoms. The van der Waals surface area contributed by atoms with E-state index in [1.54, 1.807) is 13.4 Å². The molecule has 0 aliphatic rings. The molecule has 4 aromatic rings. The van der Waals surface area contributed by atoms with Crippen LogP contribution in [0.3, 0.4) is 0 Å². The van der Waals surface area contributed by atoms with Gasteiger partial charge >= 0.3 is 0 Å². The van der Waals surface area contributed by atoms with E-state index in [2.05, 4.69) is 15.6 Å². The Morgan fingerprint density at radius 2 is 1.86 bits per heavy atom. The second-order valence-electron chi connectivity index (χ2n) is 6.73. The maximum Gasteiger partial charge on any atom is 0.253 e. The summed E-state index contributed by atoms with van der Waals surface area (Å²) in [7, 11) is 3.52. The van der Waals surface area contributed by atoms with Crippen LogP contribution in [0.4, 0.5) is 17.1 Å². The number of hydrogen-bond acceptors (Lipinski definition) is 6. The molecule has 142 valence electrons. The van der Waals surface area contributed by atoms with Crippen LogP contribution in [0.5, 0.6) is 5.75 Å². The Hall–Kier alpha value is -3.61. The number of ether oxygens (including phenoxy) is 1. The predicted molar refractivity (Wildman–Crippen MR) is 110 cm³/mol. The summed E-state index contributed by atoms with van der Waals surface area (Å²) < 4.78 is 7.16. The number of benzene rings is 2. The predicted octanol–water partition coefficient (Wildman–Crippen LogP) is 3.09. The molecule has 0 saturated heterocycles. The molecule has 0 bridgehead atoms. The molecule has 2 N–H and O–H groups in total. The molecular weight excluding hydrogens is 356 g/mol. The van der Waals surface area contributed by atoms with Gasteiger partial charge in [-0.2, -0.15) is 0 Å². The van der Waals surface area contributed by atoms with Gasteiger partial charge in [-0.15, -0.1) is 0 Å². The van der Waals surface area contributed by atoms with Crippen LogP contribution in [-0.2, 0) is 7.05 Å². The van der Waals surface area contributed by atoms with E-state index in [4.69, 9.17) is 4.74 Å². The molecule has 0 radical (unpaired) electrons. The minimum absolute atomic E-state index is 0.169. The highest BCUT2D eigenvalue weighted by atomic mass is 16.5. The zero-order valence-electron chi connectivity index (χ0n) is 15.8. The highest BCUT2D eigenvalue weighted by Crippen LogP contribution is 2.27. The maximum absolute atomic E-state index is 12.1. The zero-order chi connectivity index (χ0) is 19.8. The van der Waals surface area contributed by atoms with Gasteiger partial charge in [0.05, 0.1) is 24.5 Å². The van der Waals surface area contributed by atoms with Gasteiger partial charge in [-0.25, -0.2) is 4.98 Å². The van der Waals surface area contributed by atoms with Gasteiger partial charge in [0.15, 0.2) is 0 Å². The lowest BCUT2D eigenvalue weighted by Gasteiger charge is -2.20. The number of imidazole rings is 1. The summed E-state index contributed by atoms with van der Waals surface area (Å²) in [5.74, 6) is 0.734. The van der Waals surface area contributed by atoms with Crippen molar-refractivity contribution in [3.05, 3.63) is 74.8 Å². The SMILES string of the molecule is COc1cccc([C@H](C)Nc2c(Nc3ccc4c(c3)ncn4C)c(=O)c2=O)c1. The van der Waals surface area contributed by atoms with Gasteiger partial charge in [0.25, 0.3) is 10.9 Å². The second-order valence-corrected chi connectivity index (χ2v) is 6.73. The van der Waals surface area contributed by atoms with Crippen LogP contribution in [0, 0.1) is 0 Å². The minimum atomic E-state index is -0.526. The van der Waals surface area contributed by atoms with Crippen molar-refractivity contribution in [1.29, 1.82) is 0 Å². The molecular formula is C21H20N4O3. The van der Waals surface area contributed by atoms with Gasteiger partial charge < -0.3 is 19.9 Å². The van der Waals surface area contributed by atoms with Crippen LogP contribution in [-0.4, -0.2) is 16.7 Å². The van der Waals surface area contributed by atoms with Crippen molar-refractivity contribution < 1.29 is 4.74 Å². The molecule has 7 nitrogen and oxygen atoms in total. The Morgan fingerprint density at radius 1 is 1.07 bits per heavy atom. The van der Waals surface area contributed by atoms with Crippen molar-refractivity contribution in [3.63, 3.8) is 0 Å². The summed E-state index contributed by atoms with van der Waals surface area (Å²) in [6.45, 7) is 1.93. The largest absolute Gasteiger partial charge is 0.497 e. The highest BCUT2D eigenvalue weighted by molar-refractivity contribution is 5.84. The molecule has 3 aromatic carbocycles. The first-order valence-electron chi connectivity index (χ1n) is 8.90. The van der Waals surface area contributed by atoms with Crippen LogP contribution in [0.2, 0.25) is 0 Å². The number of hydrogen-bond donors (Lipinski definition) is 2. The van der Waals surface area contributed by atoms with Crippen molar-refractivity contribution >= 4 is 28.1 Å². The fourth-order valence-corrected chi connectivity index (χ4v) is 3.22. The van der Waals surface area contributed by atoms with Crippen LogP contribution in [0.1, 0.15) is 18.5 Å². The number of aryl methyl sites for hydroxylation is 1. The minimum Gasteiger partial charge on any atom is -0.497 e. The number of aromatic nitrogens is 2. The van der Waals surface area contributed by atoms with Gasteiger partial charge in [0.1, 0.15) is 17.1 Å². The number of fused-ring (bicyclic) bond motifs is 1. The molecule has 0 aliphatic heterocycles. The highest BCUT2D eigenvalue weighted by Gasteiger charge is 2.23. The van der Waals surface area contributed by atoms with Crippen molar-refractivity contribution in [2.75, 3.05) is 17.7 Å². The van der Waals surface area contributed by atoms with Gasteiger partial charge in [0, 0.05) is 18.8 Å². The van der Waals surface area contributed by atoms with Gasteiger partial charge in [-0.1, -0.05) is 12.1 Å². The van der Waals surface area contributed by atoms with Crippen molar-refractivity contribution in [3.8, 4) is 5.75 Å². The normalized spacial score (nSPS) is 12.2. The third-order valence-electron chi connectivity index (χ3n) is 4.86. The summed E-state index contributed by atoms with van der Waals surface area (Å²) >= 11 is 0. The molecule has 7 heteroatoms. The summed E-state index contributed by atoms with van der Waals surface area (Å²) in [5.41, 5.74) is 2.98. The van der Waals surface area contributed by atoms with Crippen LogP contribution in [0.25, 0.3) is 11.0 Å². The maximum atomic E-state index is 12.1. The lowest BCUT2D eigenvalue weighted by Crippen LogP contribution is -2.37. The summed E-state index contributed by atoms with van der Waals surface area (Å²) in [6, 6.07) is 13.0. The molecule has 0 saturated carbocycles. The Balaban J connectivity index is 1.58. The molecule has 0 unspecified atom stereocenters. The Morgan fingerprint density at radius 3 is 2.64 bits per heavy atom. The monoisotopic (exact) mass is 376 g/mol. The lowest BCUT2D eigenvalue weighted by molar-refractivity contribution is 0.414. The molecule has 0 amide bonds. The topological polar surface area (TPSA) is 85.2 Å². The van der Waals surface area contributed by atoms with E-state index in [0.717, 1.165) is 22.3 Å². The molecule has 1 aromatic heterocycles. The fraction of sp³-hybridized carbons (Fsp3) is 0.190. The first-order chi connectivity index (χ1) is 13.5. The Bertz CT molecular complexity index is 1230. The first kappa shape index (κ1) is 17.8. The van der Waals surface area contributed by atoms with E-state index in [1.165, 1.54) is 0 Å². The summed E-state index contributed by atoms with van der Waals surface area (Å²) in [6.07, 6.45) is 1.73. The van der Waals surface area contributed by atoms with E-state index in [-0.39, 0.29) is 11.7 Å². The summed E-state index contributed by atoms with van der Waals surface area (Å²) in [5, 5.41) is 6.21. The average molecular weight is 376 g/mol. The quantitative estimate of drug-likeness (QED) is 0.503. The zero-order valence-corrected chi connectivity index (χ0v) is 15.8. The van der Waals surface area contributed by atoms with Crippen molar-refractivity contribution in [2.24, 2.45) is 7.05 Å². The van der Waals surface area contributed by atoms with E-state index < -0.39 is 10.9 Å². The molecule has 0 aliphatic carbocycles. The van der Waals surface area contributed by atoms with Gasteiger partial charge in [-0.05, 0) is 42.8 Å². The molecule has 1 atom stereocenters. The average Bonchev–Trinajstić information content (AvgIpc) is 3.10. The molecule has 28 heavy (non-hydrogen) atoms. The van der Waals surface area contributed by atoms with Crippen LogP contribution < -0.4 is 26.2 Å². The van der Waals surface area contributed by atoms with E-state index in [9.17, 15) is 9.59 Å². The van der Waals surface area contributed by atoms with Gasteiger partial charge in [-0.3, -0.25) is 9.59 Å². The third-order valence-corrected chi connectivity index (χ3v) is 4.86. The smallest absolute Gasteiger partial charge is 0.253 e. The first-order valence-corrected chi connectivity index (χ1v) is 8.90. The number of rotatable bonds is 6. The number of nitrogens with one attached hydrogen (secondary N) is 2. The Kier molecular flexibility index (Phi) is 4.35. The lowest BCUT2D eigenvalue weighted by atomic mass is 10.1. The van der Waals surface area contributed by atoms with E-state index >= 15 is 0 Å². The molecule has 0 fully saturated rings. The fourth-order valence-electron chi connectivity index (χ4n) is 3.22. The Labute approximate surface area is 161 Å². The third kappa shape index (κ3) is 3.00. The number of anilines is 3. The van der Waals surface area contributed by atoms with Gasteiger partial charge in [0.2, 0.25) is 0 Å². The van der Waals surface area contributed by atoms with Crippen LogP contribution in [0.15, 0.2) is 58.4 Å². The molecule has 1 heterocycles. The standard InChI is InChI=1S/C21H20N4O3/c1-12(13-5-4-6-15(9-13)28-3)23-18-19(21(27)20(18)26)24-14-7-8-17-16(10-14)22-11-25(17)2/h4-12,23-24H,1-3H3/t12-/m0/s1. The van der Waals surface area contributed by atoms with Crippen molar-refractivity contribution in [1.82, 2.24) is 9.55 Å². The number of nitrogens with zero attached hydrogens (tertiary/aromatic N) is 2. The molecule has 4 rings (SSSR count). The van der Waals surface area contributed by atoms with E-state index in [1.807, 2.05) is 61.0 Å². The van der Waals surface area contributed by atoms with Crippen molar-refractivity contribution in [2.45, 2.75) is 13.0 Å². The van der Waals surface area contributed by atoms with E-state index in [0.29, 0.717) is 11.4 Å².